The van der Waals surface area contributed by atoms with E-state index in [1.165, 1.54) is 6.07 Å². The second-order valence-electron chi connectivity index (χ2n) is 4.35. The molecule has 0 radical (unpaired) electrons. The van der Waals surface area contributed by atoms with E-state index >= 15 is 0 Å². The number of carbonyl (C=O) groups is 1. The van der Waals surface area contributed by atoms with Gasteiger partial charge in [0, 0.05) is 18.7 Å². The maximum atomic E-state index is 14.0. The zero-order valence-corrected chi connectivity index (χ0v) is 10.3. The smallest absolute Gasteiger partial charge is 0.237 e. The number of primary amides is 1. The number of nitriles is 1. The second-order valence-corrected chi connectivity index (χ2v) is 4.35. The highest BCUT2D eigenvalue weighted by Crippen LogP contribution is 2.17. The lowest BCUT2D eigenvalue weighted by Gasteiger charge is -2.33. The van der Waals surface area contributed by atoms with E-state index in [0.717, 1.165) is 0 Å². The molecule has 2 rings (SSSR count). The highest BCUT2D eigenvalue weighted by atomic mass is 19.1. The first kappa shape index (κ1) is 13.5. The van der Waals surface area contributed by atoms with Crippen LogP contribution in [-0.4, -0.2) is 36.6 Å². The van der Waals surface area contributed by atoms with Crippen LogP contribution in [0.3, 0.4) is 0 Å². The molecule has 1 amide bonds. The van der Waals surface area contributed by atoms with Crippen molar-refractivity contribution in [3.05, 3.63) is 35.1 Å². The highest BCUT2D eigenvalue weighted by molar-refractivity contribution is 5.80. The fourth-order valence-electron chi connectivity index (χ4n) is 2.10. The van der Waals surface area contributed by atoms with Gasteiger partial charge < -0.3 is 10.5 Å². The predicted octanol–water partition coefficient (Wildman–Crippen LogP) is 0.383. The van der Waals surface area contributed by atoms with Crippen LogP contribution in [0, 0.1) is 17.1 Å². The molecule has 1 heterocycles. The minimum Gasteiger partial charge on any atom is -0.378 e. The Balaban J connectivity index is 2.20. The summed E-state index contributed by atoms with van der Waals surface area (Å²) in [5.41, 5.74) is 5.68. The number of morpholine rings is 1. The third kappa shape index (κ3) is 2.89. The molecule has 1 aliphatic rings. The van der Waals surface area contributed by atoms with E-state index in [1.807, 2.05) is 0 Å². The number of amides is 1. The van der Waals surface area contributed by atoms with Crippen LogP contribution in [0.1, 0.15) is 11.1 Å². The van der Waals surface area contributed by atoms with Crippen LogP contribution >= 0.6 is 0 Å². The van der Waals surface area contributed by atoms with Crippen molar-refractivity contribution in [3.8, 4) is 6.07 Å². The van der Waals surface area contributed by atoms with Crippen molar-refractivity contribution >= 4 is 5.91 Å². The van der Waals surface area contributed by atoms with Gasteiger partial charge in [0.2, 0.25) is 5.91 Å². The summed E-state index contributed by atoms with van der Waals surface area (Å²) in [6, 6.07) is 5.88. The Bertz CT molecular complexity index is 527. The van der Waals surface area contributed by atoms with Gasteiger partial charge in [0.15, 0.2) is 0 Å². The van der Waals surface area contributed by atoms with Gasteiger partial charge in [0.1, 0.15) is 17.9 Å². The van der Waals surface area contributed by atoms with E-state index in [0.29, 0.717) is 18.7 Å². The van der Waals surface area contributed by atoms with E-state index in [-0.39, 0.29) is 18.7 Å². The average molecular weight is 263 g/mol. The van der Waals surface area contributed by atoms with Gasteiger partial charge in [-0.1, -0.05) is 12.1 Å². The van der Waals surface area contributed by atoms with Crippen molar-refractivity contribution in [1.82, 2.24) is 4.90 Å². The first-order valence-corrected chi connectivity index (χ1v) is 5.92. The van der Waals surface area contributed by atoms with Gasteiger partial charge in [0.25, 0.3) is 0 Å². The number of benzene rings is 1. The second kappa shape index (κ2) is 5.78. The first-order chi connectivity index (χ1) is 9.13. The Hall–Kier alpha value is -1.97. The zero-order valence-electron chi connectivity index (χ0n) is 10.3. The zero-order chi connectivity index (χ0) is 13.8. The van der Waals surface area contributed by atoms with E-state index in [4.69, 9.17) is 15.7 Å². The molecule has 0 bridgehead atoms. The molecule has 0 aliphatic carbocycles. The quantitative estimate of drug-likeness (QED) is 0.855. The molecule has 0 spiro atoms. The molecule has 1 unspecified atom stereocenters. The fourth-order valence-corrected chi connectivity index (χ4v) is 2.10. The van der Waals surface area contributed by atoms with Gasteiger partial charge in [-0.2, -0.15) is 5.26 Å². The molecule has 1 saturated heterocycles. The standard InChI is InChI=1S/C13H14FN3O2/c14-12-9(6-15)2-1-3-10(12)7-17-4-5-19-8-11(17)13(16)18/h1-3,11H,4-5,7-8H2,(H2,16,18). The van der Waals surface area contributed by atoms with Crippen LogP contribution in [0.5, 0.6) is 0 Å². The molecule has 1 fully saturated rings. The predicted molar refractivity (Wildman–Crippen MR) is 65.3 cm³/mol. The molecule has 100 valence electrons. The van der Waals surface area contributed by atoms with E-state index in [2.05, 4.69) is 0 Å². The number of hydrogen-bond acceptors (Lipinski definition) is 4. The average Bonchev–Trinajstić information content (AvgIpc) is 2.41. The van der Waals surface area contributed by atoms with Crippen molar-refractivity contribution in [1.29, 1.82) is 5.26 Å². The van der Waals surface area contributed by atoms with E-state index in [9.17, 15) is 9.18 Å². The van der Waals surface area contributed by atoms with Crippen molar-refractivity contribution < 1.29 is 13.9 Å². The fraction of sp³-hybridized carbons (Fsp3) is 0.385. The molecule has 1 atom stereocenters. The first-order valence-electron chi connectivity index (χ1n) is 5.92. The Morgan fingerprint density at radius 2 is 2.42 bits per heavy atom. The number of halogens is 1. The SMILES string of the molecule is N#Cc1cccc(CN2CCOCC2C(N)=O)c1F. The lowest BCUT2D eigenvalue weighted by molar-refractivity contribution is -0.129. The molecule has 1 aromatic rings. The molecule has 0 aromatic heterocycles. The van der Waals surface area contributed by atoms with Gasteiger partial charge >= 0.3 is 0 Å². The molecule has 0 saturated carbocycles. The summed E-state index contributed by atoms with van der Waals surface area (Å²) in [6.07, 6.45) is 0. The molecular weight excluding hydrogens is 249 g/mol. The van der Waals surface area contributed by atoms with Gasteiger partial charge in [-0.15, -0.1) is 0 Å². The monoisotopic (exact) mass is 263 g/mol. The number of rotatable bonds is 3. The summed E-state index contributed by atoms with van der Waals surface area (Å²) >= 11 is 0. The molecule has 5 nitrogen and oxygen atoms in total. The summed E-state index contributed by atoms with van der Waals surface area (Å²) in [5, 5.41) is 8.79. The van der Waals surface area contributed by atoms with Gasteiger partial charge in [-0.05, 0) is 6.07 Å². The number of hydrogen-bond donors (Lipinski definition) is 1. The van der Waals surface area contributed by atoms with Gasteiger partial charge in [0.05, 0.1) is 18.8 Å². The Kier molecular flexibility index (Phi) is 4.10. The summed E-state index contributed by atoms with van der Waals surface area (Å²) in [7, 11) is 0. The van der Waals surface area contributed by atoms with Crippen molar-refractivity contribution in [3.63, 3.8) is 0 Å². The van der Waals surface area contributed by atoms with Gasteiger partial charge in [-0.25, -0.2) is 4.39 Å². The van der Waals surface area contributed by atoms with Crippen LogP contribution in [-0.2, 0) is 16.1 Å². The van der Waals surface area contributed by atoms with Gasteiger partial charge in [-0.3, -0.25) is 9.69 Å². The largest absolute Gasteiger partial charge is 0.378 e. The minimum atomic E-state index is -0.557. The van der Waals surface area contributed by atoms with Crippen molar-refractivity contribution in [2.24, 2.45) is 5.73 Å². The van der Waals surface area contributed by atoms with Crippen LogP contribution in [0.25, 0.3) is 0 Å². The van der Waals surface area contributed by atoms with Crippen LogP contribution < -0.4 is 5.73 Å². The van der Waals surface area contributed by atoms with Crippen molar-refractivity contribution in [2.75, 3.05) is 19.8 Å². The number of nitrogens with two attached hydrogens (primary N) is 1. The molecule has 6 heteroatoms. The van der Waals surface area contributed by atoms with Crippen LogP contribution in [0.15, 0.2) is 18.2 Å². The third-order valence-corrected chi connectivity index (χ3v) is 3.14. The topological polar surface area (TPSA) is 79.3 Å². The lowest BCUT2D eigenvalue weighted by Crippen LogP contribution is -2.51. The minimum absolute atomic E-state index is 0.00128. The van der Waals surface area contributed by atoms with E-state index in [1.54, 1.807) is 23.1 Å². The molecular formula is C13H14FN3O2. The summed E-state index contributed by atoms with van der Waals surface area (Å²) in [5.74, 6) is -1.03. The van der Waals surface area contributed by atoms with Crippen molar-refractivity contribution in [2.45, 2.75) is 12.6 Å². The highest BCUT2D eigenvalue weighted by Gasteiger charge is 2.28. The Morgan fingerprint density at radius 1 is 1.63 bits per heavy atom. The summed E-state index contributed by atoms with van der Waals surface area (Å²) in [6.45, 7) is 1.43. The molecule has 1 aromatic carbocycles. The Labute approximate surface area is 110 Å². The molecule has 2 N–H and O–H groups in total. The molecule has 19 heavy (non-hydrogen) atoms. The molecule has 1 aliphatic heterocycles. The number of carbonyl (C=O) groups excluding carboxylic acids is 1. The maximum absolute atomic E-state index is 14.0. The third-order valence-electron chi connectivity index (χ3n) is 3.14. The number of ether oxygens (including phenoxy) is 1. The lowest BCUT2D eigenvalue weighted by atomic mass is 10.1. The maximum Gasteiger partial charge on any atom is 0.237 e. The normalized spacial score (nSPS) is 19.9. The van der Waals surface area contributed by atoms with E-state index < -0.39 is 17.8 Å². The van der Waals surface area contributed by atoms with Crippen LogP contribution in [0.2, 0.25) is 0 Å². The Morgan fingerprint density at radius 3 is 3.11 bits per heavy atom. The summed E-state index contributed by atoms with van der Waals surface area (Å²) < 4.78 is 19.2. The number of nitrogens with zero attached hydrogens (tertiary/aromatic N) is 2. The van der Waals surface area contributed by atoms with Crippen LogP contribution in [0.4, 0.5) is 4.39 Å². The summed E-state index contributed by atoms with van der Waals surface area (Å²) in [4.78, 5) is 13.1.